The number of piperidine rings is 1. The number of ether oxygens (including phenoxy) is 2. The fourth-order valence-electron chi connectivity index (χ4n) is 7.64. The highest BCUT2D eigenvalue weighted by molar-refractivity contribution is 6.32. The SMILES string of the molecule is COc1nc(-c2cc(N)cc(Cl)c2C(F)(F)F)c(F)c2nc(OCC3(CN4CC5CC5C4)CC3)nc(N3CC4CCC(C3)N4)c12. The zero-order valence-electron chi connectivity index (χ0n) is 24.8. The molecule has 9 nitrogen and oxygen atoms in total. The van der Waals surface area contributed by atoms with Crippen molar-refractivity contribution in [2.45, 2.75) is 50.4 Å². The first-order valence-electron chi connectivity index (χ1n) is 15.5. The molecule has 2 saturated carbocycles. The number of pyridine rings is 1. The molecule has 0 radical (unpaired) electrons. The minimum Gasteiger partial charge on any atom is -0.480 e. The van der Waals surface area contributed by atoms with Crippen molar-refractivity contribution in [3.63, 3.8) is 0 Å². The number of anilines is 2. The molecule has 14 heteroatoms. The van der Waals surface area contributed by atoms with E-state index in [2.05, 4.69) is 20.2 Å². The third-order valence-electron chi connectivity index (χ3n) is 10.2. The van der Waals surface area contributed by atoms with Gasteiger partial charge in [0.05, 0.1) is 24.3 Å². The minimum atomic E-state index is -4.91. The standard InChI is InChI=1S/C31H34ClF4N7O2/c1-44-28-22-26(24(33)25(39-28)20-7-17(37)8-21(32)23(20)31(34,35)36)40-29(41-27(22)43-11-18-2-3-19(12-43)38-18)45-14-30(4-5-30)13-42-9-15-6-16(15)10-42/h7-8,15-16,18-19,38H,2-6,9-14,37H2,1H3. The van der Waals surface area contributed by atoms with Gasteiger partial charge in [0.25, 0.3) is 0 Å². The molecule has 3 aliphatic heterocycles. The first-order valence-corrected chi connectivity index (χ1v) is 15.9. The van der Waals surface area contributed by atoms with E-state index in [1.807, 2.05) is 4.90 Å². The number of hydrogen-bond donors (Lipinski definition) is 2. The van der Waals surface area contributed by atoms with E-state index in [9.17, 15) is 13.2 Å². The number of likely N-dealkylation sites (tertiary alicyclic amines) is 1. The van der Waals surface area contributed by atoms with Crippen molar-refractivity contribution in [1.82, 2.24) is 25.2 Å². The van der Waals surface area contributed by atoms with Crippen LogP contribution < -0.4 is 25.4 Å². The predicted octanol–water partition coefficient (Wildman–Crippen LogP) is 5.15. The van der Waals surface area contributed by atoms with Crippen LogP contribution in [0.2, 0.25) is 5.02 Å². The number of aromatic nitrogens is 3. The minimum absolute atomic E-state index is 0.0109. The summed E-state index contributed by atoms with van der Waals surface area (Å²) in [5.41, 5.74) is 3.09. The van der Waals surface area contributed by atoms with Crippen LogP contribution in [0.5, 0.6) is 11.9 Å². The number of alkyl halides is 3. The number of piperazine rings is 1. The summed E-state index contributed by atoms with van der Waals surface area (Å²) in [5.74, 6) is 0.870. The summed E-state index contributed by atoms with van der Waals surface area (Å²) in [7, 11) is 1.33. The van der Waals surface area contributed by atoms with Crippen LogP contribution in [0, 0.1) is 23.1 Å². The van der Waals surface area contributed by atoms with Gasteiger partial charge < -0.3 is 30.3 Å². The van der Waals surface area contributed by atoms with E-state index in [0.29, 0.717) is 25.5 Å². The Balaban J connectivity index is 1.23. The topological polar surface area (TPSA) is 102 Å². The van der Waals surface area contributed by atoms with Crippen LogP contribution >= 0.6 is 11.6 Å². The Morgan fingerprint density at radius 3 is 2.42 bits per heavy atom. The highest BCUT2D eigenvalue weighted by Crippen LogP contribution is 2.51. The van der Waals surface area contributed by atoms with Gasteiger partial charge in [0, 0.05) is 61.5 Å². The van der Waals surface area contributed by atoms with Gasteiger partial charge in [0.15, 0.2) is 5.82 Å². The number of nitrogens with one attached hydrogen (secondary N) is 1. The van der Waals surface area contributed by atoms with E-state index >= 15 is 4.39 Å². The molecule has 4 atom stereocenters. The van der Waals surface area contributed by atoms with Crippen molar-refractivity contribution in [2.75, 3.05) is 57.1 Å². The van der Waals surface area contributed by atoms with Gasteiger partial charge in [0.2, 0.25) is 5.88 Å². The van der Waals surface area contributed by atoms with Gasteiger partial charge in [-0.2, -0.15) is 23.1 Å². The van der Waals surface area contributed by atoms with Gasteiger partial charge in [-0.3, -0.25) is 0 Å². The van der Waals surface area contributed by atoms with Gasteiger partial charge in [-0.15, -0.1) is 0 Å². The zero-order chi connectivity index (χ0) is 31.2. The molecule has 3 N–H and O–H groups in total. The first-order chi connectivity index (χ1) is 21.5. The quantitative estimate of drug-likeness (QED) is 0.254. The van der Waals surface area contributed by atoms with Crippen LogP contribution in [-0.4, -0.2) is 78.4 Å². The highest BCUT2D eigenvalue weighted by Gasteiger charge is 2.51. The molecule has 8 rings (SSSR count). The lowest BCUT2D eigenvalue weighted by Crippen LogP contribution is -2.51. The number of halogens is 5. The van der Waals surface area contributed by atoms with E-state index in [1.165, 1.54) is 13.5 Å². The molecule has 2 aliphatic carbocycles. The van der Waals surface area contributed by atoms with Crippen molar-refractivity contribution in [3.05, 3.63) is 28.5 Å². The summed E-state index contributed by atoms with van der Waals surface area (Å²) >= 11 is 6.02. The number of fused-ring (bicyclic) bond motifs is 4. The molecule has 5 heterocycles. The molecule has 2 bridgehead atoms. The molecule has 1 aromatic carbocycles. The van der Waals surface area contributed by atoms with Crippen molar-refractivity contribution in [3.8, 4) is 23.1 Å². The fourth-order valence-corrected chi connectivity index (χ4v) is 7.97. The number of nitrogens with zero attached hydrogens (tertiary/aromatic N) is 5. The lowest BCUT2D eigenvalue weighted by molar-refractivity contribution is -0.137. The summed E-state index contributed by atoms with van der Waals surface area (Å²) in [6.45, 7) is 4.79. The summed E-state index contributed by atoms with van der Waals surface area (Å²) < 4.78 is 71.1. The highest BCUT2D eigenvalue weighted by atomic mass is 35.5. The molecule has 5 fully saturated rings. The second kappa shape index (κ2) is 10.4. The number of nitrogen functional groups attached to an aromatic ring is 1. The summed E-state index contributed by atoms with van der Waals surface area (Å²) in [6.07, 6.45) is 0.465. The smallest absolute Gasteiger partial charge is 0.418 e. The maximum atomic E-state index is 16.6. The summed E-state index contributed by atoms with van der Waals surface area (Å²) in [5, 5.41) is 3.09. The van der Waals surface area contributed by atoms with E-state index in [4.69, 9.17) is 31.8 Å². The lowest BCUT2D eigenvalue weighted by Gasteiger charge is -2.34. The molecular weight excluding hydrogens is 614 g/mol. The molecule has 240 valence electrons. The molecule has 0 amide bonds. The van der Waals surface area contributed by atoms with Crippen LogP contribution in [-0.2, 0) is 6.18 Å². The predicted molar refractivity (Wildman–Crippen MR) is 161 cm³/mol. The van der Waals surface area contributed by atoms with Gasteiger partial charge in [-0.05, 0) is 56.1 Å². The maximum absolute atomic E-state index is 16.6. The van der Waals surface area contributed by atoms with Gasteiger partial charge in [0.1, 0.15) is 22.4 Å². The molecular formula is C31H34ClF4N7O2. The maximum Gasteiger partial charge on any atom is 0.418 e. The number of benzene rings is 1. The third-order valence-corrected chi connectivity index (χ3v) is 10.4. The zero-order valence-corrected chi connectivity index (χ0v) is 25.5. The number of rotatable bonds is 8. The number of nitrogens with two attached hydrogens (primary N) is 1. The van der Waals surface area contributed by atoms with Gasteiger partial charge in [-0.1, -0.05) is 11.6 Å². The van der Waals surface area contributed by atoms with Crippen LogP contribution in [0.1, 0.15) is 37.7 Å². The van der Waals surface area contributed by atoms with E-state index < -0.39 is 33.8 Å². The average molecular weight is 648 g/mol. The fraction of sp³-hybridized carbons (Fsp3) is 0.581. The van der Waals surface area contributed by atoms with Crippen LogP contribution in [0.15, 0.2) is 12.1 Å². The normalized spacial score (nSPS) is 26.8. The van der Waals surface area contributed by atoms with Gasteiger partial charge in [-0.25, -0.2) is 9.37 Å². The van der Waals surface area contributed by atoms with E-state index in [-0.39, 0.29) is 46.0 Å². The molecule has 5 aliphatic rings. The first kappa shape index (κ1) is 29.3. The van der Waals surface area contributed by atoms with E-state index in [0.717, 1.165) is 69.3 Å². The largest absolute Gasteiger partial charge is 0.480 e. The molecule has 45 heavy (non-hydrogen) atoms. The van der Waals surface area contributed by atoms with Crippen molar-refractivity contribution in [2.24, 2.45) is 17.3 Å². The Labute approximate surface area is 262 Å². The van der Waals surface area contributed by atoms with Crippen molar-refractivity contribution in [1.29, 1.82) is 0 Å². The van der Waals surface area contributed by atoms with Crippen molar-refractivity contribution >= 4 is 34.0 Å². The lowest BCUT2D eigenvalue weighted by atomic mass is 10.0. The van der Waals surface area contributed by atoms with Crippen LogP contribution in [0.3, 0.4) is 0 Å². The van der Waals surface area contributed by atoms with Crippen LogP contribution in [0.4, 0.5) is 29.1 Å². The van der Waals surface area contributed by atoms with E-state index in [1.54, 1.807) is 0 Å². The van der Waals surface area contributed by atoms with Gasteiger partial charge >= 0.3 is 12.2 Å². The average Bonchev–Trinajstić information content (AvgIpc) is 3.86. The Morgan fingerprint density at radius 2 is 1.78 bits per heavy atom. The Bertz CT molecular complexity index is 1660. The Kier molecular flexibility index (Phi) is 6.78. The summed E-state index contributed by atoms with van der Waals surface area (Å²) in [4.78, 5) is 18.1. The molecule has 3 saturated heterocycles. The molecule has 3 aromatic rings. The second-order valence-electron chi connectivity index (χ2n) is 13.5. The van der Waals surface area contributed by atoms with Crippen molar-refractivity contribution < 1.29 is 27.0 Å². The number of hydrogen-bond acceptors (Lipinski definition) is 9. The number of methoxy groups -OCH3 is 1. The Morgan fingerprint density at radius 1 is 1.07 bits per heavy atom. The molecule has 0 spiro atoms. The molecule has 2 aromatic heterocycles. The second-order valence-corrected chi connectivity index (χ2v) is 13.9. The monoisotopic (exact) mass is 647 g/mol. The molecule has 4 unspecified atom stereocenters. The van der Waals surface area contributed by atoms with Crippen LogP contribution in [0.25, 0.3) is 22.2 Å². The Hall–Kier alpha value is -3.16. The third kappa shape index (κ3) is 5.30. The summed E-state index contributed by atoms with van der Waals surface area (Å²) in [6, 6.07) is 2.42.